The van der Waals surface area contributed by atoms with Gasteiger partial charge in [0.25, 0.3) is 7.82 Å². The van der Waals surface area contributed by atoms with E-state index >= 15 is 0 Å². The molecule has 8 nitrogen and oxygen atoms in total. The lowest BCUT2D eigenvalue weighted by atomic mass is 10.0. The second-order valence-electron chi connectivity index (χ2n) is 15.7. The molecule has 0 fully saturated rings. The van der Waals surface area contributed by atoms with Crippen LogP contribution >= 0.6 is 7.82 Å². The number of quaternary nitrogens is 1. The molecule has 56 heavy (non-hydrogen) atoms. The summed E-state index contributed by atoms with van der Waals surface area (Å²) in [4.78, 5) is 25.3. The Labute approximate surface area is 344 Å². The number of phosphoric acid groups is 1. The lowest BCUT2D eigenvalue weighted by Gasteiger charge is -2.29. The molecular formula is C47H83N2O6P. The zero-order chi connectivity index (χ0) is 41.4. The standard InChI is InChI=1S/C47H83N2O6P/c1-6-8-10-12-14-16-18-20-21-22-23-24-25-26-27-29-31-33-35-37-39-41-47(51)48-45(44-55-56(52,53)54-43-42-49(3,4)5)46(50)40-38-36-34-32-30-28-19-17-15-13-11-9-7-2/h8,10,14,16,20-21,23-24,26-27,31,33,38,40,45-46,50H,6-7,9,11-13,15,17-19,22,25,28-30,32,34-37,39,41-44H2,1-5H3,(H-,48,51,52,53)/b10-8-,16-14-,21-20-,24-23-,27-26-,33-31-,40-38+. The van der Waals surface area contributed by atoms with E-state index < -0.39 is 26.6 Å². The number of unbranched alkanes of at least 4 members (excludes halogenated alkanes) is 13. The van der Waals surface area contributed by atoms with Crippen LogP contribution in [0.2, 0.25) is 0 Å². The number of hydrogen-bond donors (Lipinski definition) is 2. The second kappa shape index (κ2) is 38.2. The zero-order valence-electron chi connectivity index (χ0n) is 36.3. The van der Waals surface area contributed by atoms with Gasteiger partial charge in [0, 0.05) is 6.42 Å². The summed E-state index contributed by atoms with van der Waals surface area (Å²) in [5, 5.41) is 13.7. The number of aliphatic hydroxyl groups is 1. The fraction of sp³-hybridized carbons (Fsp3) is 0.681. The number of carbonyl (C=O) groups is 1. The van der Waals surface area contributed by atoms with Gasteiger partial charge in [-0.05, 0) is 70.6 Å². The highest BCUT2D eigenvalue weighted by Gasteiger charge is 2.23. The van der Waals surface area contributed by atoms with Crippen molar-refractivity contribution in [2.45, 2.75) is 167 Å². The molecule has 0 heterocycles. The Balaban J connectivity index is 4.53. The molecule has 0 radical (unpaired) electrons. The van der Waals surface area contributed by atoms with Crippen LogP contribution in [0.25, 0.3) is 0 Å². The molecule has 0 aliphatic carbocycles. The fourth-order valence-corrected chi connectivity index (χ4v) is 6.35. The molecule has 3 unspecified atom stereocenters. The first-order valence-corrected chi connectivity index (χ1v) is 23.4. The first-order chi connectivity index (χ1) is 27.0. The maximum Gasteiger partial charge on any atom is 0.268 e. The van der Waals surface area contributed by atoms with E-state index in [2.05, 4.69) is 92.1 Å². The molecule has 0 saturated heterocycles. The van der Waals surface area contributed by atoms with Crippen LogP contribution in [0.5, 0.6) is 0 Å². The van der Waals surface area contributed by atoms with Crippen molar-refractivity contribution in [1.29, 1.82) is 0 Å². The molecular weight excluding hydrogens is 719 g/mol. The highest BCUT2D eigenvalue weighted by molar-refractivity contribution is 7.45. The number of carbonyl (C=O) groups excluding carboxylic acids is 1. The van der Waals surface area contributed by atoms with E-state index in [1.165, 1.54) is 57.8 Å². The van der Waals surface area contributed by atoms with Gasteiger partial charge in [-0.2, -0.15) is 0 Å². The molecule has 1 amide bonds. The summed E-state index contributed by atoms with van der Waals surface area (Å²) >= 11 is 0. The molecule has 0 bridgehead atoms. The molecule has 322 valence electrons. The quantitative estimate of drug-likeness (QED) is 0.0279. The third kappa shape index (κ3) is 39.9. The number of nitrogens with zero attached hydrogens (tertiary/aromatic N) is 1. The van der Waals surface area contributed by atoms with Gasteiger partial charge in [0.2, 0.25) is 5.91 Å². The molecule has 2 N–H and O–H groups in total. The monoisotopic (exact) mass is 803 g/mol. The number of allylic oxidation sites excluding steroid dienone is 13. The van der Waals surface area contributed by atoms with Crippen molar-refractivity contribution >= 4 is 13.7 Å². The average molecular weight is 803 g/mol. The van der Waals surface area contributed by atoms with Crippen molar-refractivity contribution in [1.82, 2.24) is 5.32 Å². The van der Waals surface area contributed by atoms with Crippen molar-refractivity contribution < 1.29 is 32.9 Å². The highest BCUT2D eigenvalue weighted by atomic mass is 31.2. The van der Waals surface area contributed by atoms with E-state index in [0.29, 0.717) is 17.4 Å². The van der Waals surface area contributed by atoms with Crippen LogP contribution in [0.15, 0.2) is 85.1 Å². The summed E-state index contributed by atoms with van der Waals surface area (Å²) in [5.74, 6) is -0.245. The molecule has 3 atom stereocenters. The maximum absolute atomic E-state index is 12.8. The molecule has 0 saturated carbocycles. The predicted octanol–water partition coefficient (Wildman–Crippen LogP) is 11.6. The van der Waals surface area contributed by atoms with Crippen LogP contribution in [0, 0.1) is 0 Å². The van der Waals surface area contributed by atoms with Gasteiger partial charge >= 0.3 is 0 Å². The Hall–Kier alpha value is -2.32. The second-order valence-corrected chi connectivity index (χ2v) is 17.1. The minimum absolute atomic E-state index is 0.0144. The molecule has 0 aromatic rings. The van der Waals surface area contributed by atoms with Gasteiger partial charge in [-0.1, -0.05) is 163 Å². The maximum atomic E-state index is 12.8. The largest absolute Gasteiger partial charge is 0.756 e. The van der Waals surface area contributed by atoms with E-state index in [0.717, 1.165) is 70.6 Å². The Kier molecular flexibility index (Phi) is 36.6. The summed E-state index contributed by atoms with van der Waals surface area (Å²) in [6, 6.07) is -0.913. The van der Waals surface area contributed by atoms with Gasteiger partial charge in [-0.25, -0.2) is 0 Å². The lowest BCUT2D eigenvalue weighted by molar-refractivity contribution is -0.870. The third-order valence-corrected chi connectivity index (χ3v) is 10.1. The smallest absolute Gasteiger partial charge is 0.268 e. The molecule has 0 aliphatic heterocycles. The minimum Gasteiger partial charge on any atom is -0.756 e. The summed E-state index contributed by atoms with van der Waals surface area (Å²) in [6.45, 7) is 4.46. The minimum atomic E-state index is -4.60. The van der Waals surface area contributed by atoms with E-state index in [-0.39, 0.29) is 18.9 Å². The van der Waals surface area contributed by atoms with Gasteiger partial charge < -0.3 is 28.8 Å². The van der Waals surface area contributed by atoms with E-state index in [1.807, 2.05) is 27.2 Å². The van der Waals surface area contributed by atoms with E-state index in [9.17, 15) is 19.4 Å². The van der Waals surface area contributed by atoms with Crippen molar-refractivity contribution in [3.63, 3.8) is 0 Å². The molecule has 0 aromatic carbocycles. The predicted molar refractivity (Wildman–Crippen MR) is 237 cm³/mol. The van der Waals surface area contributed by atoms with Gasteiger partial charge in [-0.15, -0.1) is 0 Å². The topological polar surface area (TPSA) is 108 Å². The Bertz CT molecular complexity index is 1180. The number of likely N-dealkylation sites (N-methyl/N-ethyl adjacent to an activating group) is 1. The van der Waals surface area contributed by atoms with Crippen LogP contribution in [-0.4, -0.2) is 68.5 Å². The van der Waals surface area contributed by atoms with Crippen molar-refractivity contribution in [3.8, 4) is 0 Å². The Morgan fingerprint density at radius 3 is 1.59 bits per heavy atom. The lowest BCUT2D eigenvalue weighted by Crippen LogP contribution is -2.45. The van der Waals surface area contributed by atoms with Gasteiger partial charge in [0.1, 0.15) is 13.2 Å². The van der Waals surface area contributed by atoms with E-state index in [4.69, 9.17) is 9.05 Å². The SMILES string of the molecule is CC/C=C\C/C=C\C/C=C\C/C=C\C/C=C\C/C=C\CCCCC(=O)NC(COP(=O)([O-])OCC[N+](C)(C)C)C(O)/C=C/CCCCCCCCCCCCC. The van der Waals surface area contributed by atoms with Crippen LogP contribution < -0.4 is 10.2 Å². The first-order valence-electron chi connectivity index (χ1n) is 21.9. The average Bonchev–Trinajstić information content (AvgIpc) is 3.15. The fourth-order valence-electron chi connectivity index (χ4n) is 5.62. The molecule has 0 aromatic heterocycles. The third-order valence-electron chi connectivity index (χ3n) is 9.11. The Morgan fingerprint density at radius 2 is 1.09 bits per heavy atom. The first kappa shape index (κ1) is 53.7. The van der Waals surface area contributed by atoms with Crippen molar-refractivity contribution in [3.05, 3.63) is 85.1 Å². The van der Waals surface area contributed by atoms with Gasteiger partial charge in [0.15, 0.2) is 0 Å². The molecule has 0 rings (SSSR count). The zero-order valence-corrected chi connectivity index (χ0v) is 37.2. The van der Waals surface area contributed by atoms with E-state index in [1.54, 1.807) is 6.08 Å². The Morgan fingerprint density at radius 1 is 0.643 bits per heavy atom. The van der Waals surface area contributed by atoms with Crippen molar-refractivity contribution in [2.24, 2.45) is 0 Å². The number of amides is 1. The molecule has 0 aliphatic rings. The number of nitrogens with one attached hydrogen (secondary N) is 1. The van der Waals surface area contributed by atoms with Crippen LogP contribution in [-0.2, 0) is 18.4 Å². The highest BCUT2D eigenvalue weighted by Crippen LogP contribution is 2.38. The normalized spacial score (nSPS) is 15.2. The molecule has 0 spiro atoms. The van der Waals surface area contributed by atoms with Crippen LogP contribution in [0.3, 0.4) is 0 Å². The van der Waals surface area contributed by atoms with Crippen molar-refractivity contribution in [2.75, 3.05) is 40.9 Å². The summed E-state index contributed by atoms with van der Waals surface area (Å²) in [6.07, 6.45) is 52.0. The number of rotatable bonds is 38. The van der Waals surface area contributed by atoms with Gasteiger partial charge in [-0.3, -0.25) is 9.36 Å². The number of hydrogen-bond acceptors (Lipinski definition) is 6. The number of phosphoric ester groups is 1. The van der Waals surface area contributed by atoms with Crippen LogP contribution in [0.1, 0.15) is 155 Å². The summed E-state index contributed by atoms with van der Waals surface area (Å²) in [7, 11) is 1.21. The number of aliphatic hydroxyl groups excluding tert-OH is 1. The van der Waals surface area contributed by atoms with Gasteiger partial charge in [0.05, 0.1) is 39.9 Å². The summed E-state index contributed by atoms with van der Waals surface area (Å²) < 4.78 is 23.1. The molecule has 9 heteroatoms. The summed E-state index contributed by atoms with van der Waals surface area (Å²) in [5.41, 5.74) is 0. The van der Waals surface area contributed by atoms with Crippen LogP contribution in [0.4, 0.5) is 0 Å².